The maximum atomic E-state index is 8.72. The number of allylic oxidation sites excluding steroid dienone is 4. The first-order chi connectivity index (χ1) is 21.8. The van der Waals surface area contributed by atoms with Gasteiger partial charge in [0.05, 0.1) is 19.3 Å². The Bertz CT molecular complexity index is 645. The average Bonchev–Trinajstić information content (AvgIpc) is 3.04. The fourth-order valence-electron chi connectivity index (χ4n) is 5.55. The quantitative estimate of drug-likeness (QED) is 0.0229. The van der Waals surface area contributed by atoms with E-state index in [0.717, 1.165) is 26.1 Å². The van der Waals surface area contributed by atoms with Crippen molar-refractivity contribution >= 4 is 0 Å². The molecule has 0 aliphatic rings. The highest BCUT2D eigenvalue weighted by Gasteiger charge is 2.08. The molecule has 0 fully saturated rings. The van der Waals surface area contributed by atoms with Crippen molar-refractivity contribution in [1.82, 2.24) is 0 Å². The van der Waals surface area contributed by atoms with Crippen molar-refractivity contribution in [3.8, 4) is 0 Å². The van der Waals surface area contributed by atoms with Gasteiger partial charge in [0.2, 0.25) is 0 Å². The SMILES string of the molecule is CCCCCCCCC=CCCCCCCCCOCC(CN=[N+]=[N-])OCCCCCCCCC=CCCCCCCCC. The van der Waals surface area contributed by atoms with Crippen LogP contribution < -0.4 is 0 Å². The molecule has 0 radical (unpaired) electrons. The van der Waals surface area contributed by atoms with Gasteiger partial charge in [-0.1, -0.05) is 159 Å². The van der Waals surface area contributed by atoms with Crippen molar-refractivity contribution in [1.29, 1.82) is 0 Å². The van der Waals surface area contributed by atoms with Crippen molar-refractivity contribution in [3.63, 3.8) is 0 Å². The molecule has 44 heavy (non-hydrogen) atoms. The van der Waals surface area contributed by atoms with Gasteiger partial charge in [0.1, 0.15) is 0 Å². The van der Waals surface area contributed by atoms with Gasteiger partial charge >= 0.3 is 0 Å². The fourth-order valence-corrected chi connectivity index (χ4v) is 5.55. The van der Waals surface area contributed by atoms with E-state index < -0.39 is 0 Å². The molecule has 1 atom stereocenters. The third-order valence-corrected chi connectivity index (χ3v) is 8.46. The molecule has 0 rings (SSSR count). The number of hydrogen-bond acceptors (Lipinski definition) is 3. The summed E-state index contributed by atoms with van der Waals surface area (Å²) in [4.78, 5) is 2.91. The lowest BCUT2D eigenvalue weighted by molar-refractivity contribution is -0.0135. The zero-order valence-electron chi connectivity index (χ0n) is 29.7. The number of hydrogen-bond donors (Lipinski definition) is 0. The van der Waals surface area contributed by atoms with E-state index >= 15 is 0 Å². The molecule has 0 N–H and O–H groups in total. The molecule has 0 saturated heterocycles. The van der Waals surface area contributed by atoms with E-state index in [9.17, 15) is 0 Å². The minimum Gasteiger partial charge on any atom is -0.379 e. The Hall–Kier alpha value is -1.29. The highest BCUT2D eigenvalue weighted by Crippen LogP contribution is 2.12. The maximum absolute atomic E-state index is 8.72. The standard InChI is InChI=1S/C39H75N3O2/c1-3-5-7-9-11-13-15-17-19-21-23-25-27-29-31-33-35-43-38-39(37-41-42-40)44-36-34-32-30-28-26-24-22-20-18-16-14-12-10-8-6-4-2/h17-20,39H,3-16,21-38H2,1-2H3. The van der Waals surface area contributed by atoms with Gasteiger partial charge in [-0.2, -0.15) is 0 Å². The Morgan fingerprint density at radius 1 is 0.500 bits per heavy atom. The number of azide groups is 1. The van der Waals surface area contributed by atoms with E-state index in [4.69, 9.17) is 15.0 Å². The first-order valence-corrected chi connectivity index (χ1v) is 19.3. The lowest BCUT2D eigenvalue weighted by atomic mass is 10.1. The highest BCUT2D eigenvalue weighted by molar-refractivity contribution is 4.82. The molecule has 0 bridgehead atoms. The summed E-state index contributed by atoms with van der Waals surface area (Å²) in [6.07, 6.45) is 46.2. The van der Waals surface area contributed by atoms with Crippen LogP contribution in [0.2, 0.25) is 0 Å². The summed E-state index contributed by atoms with van der Waals surface area (Å²) >= 11 is 0. The summed E-state index contributed by atoms with van der Waals surface area (Å²) in [7, 11) is 0. The van der Waals surface area contributed by atoms with Crippen LogP contribution >= 0.6 is 0 Å². The smallest absolute Gasteiger partial charge is 0.0864 e. The summed E-state index contributed by atoms with van der Waals surface area (Å²) < 4.78 is 11.9. The van der Waals surface area contributed by atoms with Crippen molar-refractivity contribution in [3.05, 3.63) is 34.7 Å². The van der Waals surface area contributed by atoms with Crippen LogP contribution in [0.15, 0.2) is 29.4 Å². The molecular formula is C39H75N3O2. The third kappa shape index (κ3) is 36.9. The molecular weight excluding hydrogens is 542 g/mol. The van der Waals surface area contributed by atoms with Crippen LogP contribution in [0.1, 0.15) is 194 Å². The number of nitrogens with zero attached hydrogens (tertiary/aromatic N) is 3. The van der Waals surface area contributed by atoms with Gasteiger partial charge in [-0.05, 0) is 69.7 Å². The maximum Gasteiger partial charge on any atom is 0.0864 e. The first kappa shape index (κ1) is 42.7. The normalized spacial score (nSPS) is 12.4. The molecule has 0 spiro atoms. The van der Waals surface area contributed by atoms with Gasteiger partial charge in [-0.3, -0.25) is 0 Å². The molecule has 1 unspecified atom stereocenters. The van der Waals surface area contributed by atoms with Crippen LogP contribution in [-0.2, 0) is 9.47 Å². The summed E-state index contributed by atoms with van der Waals surface area (Å²) in [5.74, 6) is 0. The summed E-state index contributed by atoms with van der Waals surface area (Å²) in [5, 5.41) is 3.73. The van der Waals surface area contributed by atoms with Gasteiger partial charge in [0.25, 0.3) is 0 Å². The molecule has 0 heterocycles. The van der Waals surface area contributed by atoms with Crippen molar-refractivity contribution in [2.45, 2.75) is 200 Å². The molecule has 0 aromatic carbocycles. The largest absolute Gasteiger partial charge is 0.379 e. The van der Waals surface area contributed by atoms with Gasteiger partial charge in [-0.15, -0.1) is 0 Å². The average molecular weight is 618 g/mol. The predicted molar refractivity (Wildman–Crippen MR) is 193 cm³/mol. The Labute approximate surface area is 275 Å². The van der Waals surface area contributed by atoms with Crippen molar-refractivity contribution in [2.24, 2.45) is 5.11 Å². The van der Waals surface area contributed by atoms with E-state index in [0.29, 0.717) is 13.2 Å². The molecule has 5 heteroatoms. The Morgan fingerprint density at radius 2 is 0.864 bits per heavy atom. The van der Waals surface area contributed by atoms with Gasteiger partial charge in [-0.25, -0.2) is 0 Å². The summed E-state index contributed by atoms with van der Waals surface area (Å²) in [5.41, 5.74) is 8.72. The second-order valence-electron chi connectivity index (χ2n) is 12.9. The Morgan fingerprint density at radius 3 is 1.27 bits per heavy atom. The third-order valence-electron chi connectivity index (χ3n) is 8.46. The number of unbranched alkanes of at least 4 members (excludes halogenated alkanes) is 24. The fraction of sp³-hybridized carbons (Fsp3) is 0.897. The zero-order chi connectivity index (χ0) is 31.9. The van der Waals surface area contributed by atoms with E-state index in [-0.39, 0.29) is 6.10 Å². The van der Waals surface area contributed by atoms with Gasteiger partial charge in [0, 0.05) is 18.1 Å². The summed E-state index contributed by atoms with van der Waals surface area (Å²) in [6.45, 7) is 6.94. The van der Waals surface area contributed by atoms with Crippen LogP contribution in [0, 0.1) is 0 Å². The van der Waals surface area contributed by atoms with E-state index in [1.54, 1.807) is 0 Å². The lowest BCUT2D eigenvalue weighted by Crippen LogP contribution is -2.24. The zero-order valence-corrected chi connectivity index (χ0v) is 29.7. The van der Waals surface area contributed by atoms with E-state index in [1.165, 1.54) is 167 Å². The number of ether oxygens (including phenoxy) is 2. The molecule has 258 valence electrons. The second kappa shape index (κ2) is 39.7. The summed E-state index contributed by atoms with van der Waals surface area (Å²) in [6, 6.07) is 0. The highest BCUT2D eigenvalue weighted by atomic mass is 16.5. The minimum absolute atomic E-state index is 0.122. The molecule has 0 aliphatic heterocycles. The molecule has 5 nitrogen and oxygen atoms in total. The molecule has 0 aliphatic carbocycles. The van der Waals surface area contributed by atoms with E-state index in [2.05, 4.69) is 48.2 Å². The van der Waals surface area contributed by atoms with Crippen molar-refractivity contribution < 1.29 is 9.47 Å². The van der Waals surface area contributed by atoms with Crippen LogP contribution in [0.4, 0.5) is 0 Å². The molecule has 0 aromatic heterocycles. The molecule has 0 saturated carbocycles. The second-order valence-corrected chi connectivity index (χ2v) is 12.9. The van der Waals surface area contributed by atoms with Crippen molar-refractivity contribution in [2.75, 3.05) is 26.4 Å². The van der Waals surface area contributed by atoms with Crippen LogP contribution in [0.25, 0.3) is 10.4 Å². The molecule has 0 amide bonds. The van der Waals surface area contributed by atoms with Crippen LogP contribution in [0.3, 0.4) is 0 Å². The number of rotatable bonds is 37. The van der Waals surface area contributed by atoms with E-state index in [1.807, 2.05) is 0 Å². The lowest BCUT2D eigenvalue weighted by Gasteiger charge is -2.16. The minimum atomic E-state index is -0.122. The molecule has 0 aromatic rings. The topological polar surface area (TPSA) is 67.2 Å². The Balaban J connectivity index is 3.52. The monoisotopic (exact) mass is 618 g/mol. The Kier molecular flexibility index (Phi) is 38.6. The predicted octanol–water partition coefficient (Wildman–Crippen LogP) is 13.8. The van der Waals surface area contributed by atoms with Crippen LogP contribution in [-0.4, -0.2) is 32.5 Å². The van der Waals surface area contributed by atoms with Gasteiger partial charge in [0.15, 0.2) is 0 Å². The first-order valence-electron chi connectivity index (χ1n) is 19.3. The van der Waals surface area contributed by atoms with Gasteiger partial charge < -0.3 is 9.47 Å². The van der Waals surface area contributed by atoms with Crippen LogP contribution in [0.5, 0.6) is 0 Å².